The minimum Gasteiger partial charge on any atom is -0.444 e. The fraction of sp³-hybridized carbons (Fsp3) is 0.488. The zero-order valence-corrected chi connectivity index (χ0v) is 34.6. The van der Waals surface area contributed by atoms with Crippen LogP contribution >= 0.6 is 0 Å². The standard InChI is InChI=1S/C43H58N10O5/c1-7-53(8-2)23-9-22-44-40(55)36-24-28(3)35(27-45-36)31-14-10-29(11-15-31)25-37(41(56)47-34-20-18-32(19-21-34)38-49-51-52-50-38)48-39(54)33-16-12-30(13-17-33)26-46-42(57)58-43(4,5)6/h10-11,14-15,18-21,24,27,30,33,37H,7-9,12-13,16-17,22-23,25-26H2,1-6H3,(H,44,55)(H,46,57)(H,47,56)(H,48,54)(H,49,50,51,52). The summed E-state index contributed by atoms with van der Waals surface area (Å²) in [6, 6.07) is 15.8. The number of rotatable bonds is 17. The molecule has 1 aliphatic carbocycles. The summed E-state index contributed by atoms with van der Waals surface area (Å²) < 4.78 is 5.36. The lowest BCUT2D eigenvalue weighted by atomic mass is 9.81. The molecule has 15 heteroatoms. The second kappa shape index (κ2) is 20.6. The van der Waals surface area contributed by atoms with Gasteiger partial charge in [0.1, 0.15) is 17.3 Å². The molecule has 2 aromatic heterocycles. The van der Waals surface area contributed by atoms with Gasteiger partial charge in [0.25, 0.3) is 5.91 Å². The van der Waals surface area contributed by atoms with E-state index in [0.29, 0.717) is 43.1 Å². The summed E-state index contributed by atoms with van der Waals surface area (Å²) in [6.07, 6.45) is 5.26. The Kier molecular flexibility index (Phi) is 15.5. The Balaban J connectivity index is 1.22. The number of H-pyrrole nitrogens is 1. The minimum atomic E-state index is -0.852. The van der Waals surface area contributed by atoms with Gasteiger partial charge in [-0.3, -0.25) is 19.4 Å². The fourth-order valence-corrected chi connectivity index (χ4v) is 7.06. The van der Waals surface area contributed by atoms with Crippen molar-refractivity contribution in [3.8, 4) is 22.5 Å². The van der Waals surface area contributed by atoms with E-state index in [2.05, 4.69) is 65.6 Å². The van der Waals surface area contributed by atoms with Crippen molar-refractivity contribution in [2.24, 2.45) is 11.8 Å². The highest BCUT2D eigenvalue weighted by atomic mass is 16.6. The lowest BCUT2D eigenvalue weighted by Gasteiger charge is -2.29. The SMILES string of the molecule is CCN(CC)CCCNC(=O)c1cc(C)c(-c2ccc(CC(NC(=O)C3CCC(CNC(=O)OC(C)(C)C)CC3)C(=O)Nc3ccc(-c4nn[nH]n4)cc3)cc2)cn1. The van der Waals surface area contributed by atoms with E-state index < -0.39 is 17.7 Å². The predicted molar refractivity (Wildman–Crippen MR) is 223 cm³/mol. The van der Waals surface area contributed by atoms with Crippen molar-refractivity contribution in [2.75, 3.05) is 38.0 Å². The number of aromatic nitrogens is 5. The third-order valence-corrected chi connectivity index (χ3v) is 10.4. The molecule has 0 radical (unpaired) electrons. The van der Waals surface area contributed by atoms with Crippen molar-refractivity contribution in [3.63, 3.8) is 0 Å². The van der Waals surface area contributed by atoms with Crippen molar-refractivity contribution in [2.45, 2.75) is 91.7 Å². The molecule has 5 N–H and O–H groups in total. The van der Waals surface area contributed by atoms with Crippen LogP contribution in [0.4, 0.5) is 10.5 Å². The van der Waals surface area contributed by atoms with Gasteiger partial charge in [-0.2, -0.15) is 5.21 Å². The van der Waals surface area contributed by atoms with Gasteiger partial charge in [0, 0.05) is 48.4 Å². The number of aryl methyl sites for hydroxylation is 1. The first kappa shape index (κ1) is 43.4. The number of hydrogen-bond donors (Lipinski definition) is 5. The monoisotopic (exact) mass is 794 g/mol. The number of ether oxygens (including phenoxy) is 1. The number of nitrogens with zero attached hydrogens (tertiary/aromatic N) is 5. The first-order valence-electron chi connectivity index (χ1n) is 20.3. The third kappa shape index (κ3) is 12.9. The van der Waals surface area contributed by atoms with Crippen LogP contribution in [0.1, 0.15) is 88.3 Å². The Labute approximate surface area is 340 Å². The lowest BCUT2D eigenvalue weighted by Crippen LogP contribution is -2.48. The van der Waals surface area contributed by atoms with Crippen molar-refractivity contribution < 1.29 is 23.9 Å². The highest BCUT2D eigenvalue weighted by molar-refractivity contribution is 5.98. The average Bonchev–Trinajstić information content (AvgIpc) is 3.75. The third-order valence-electron chi connectivity index (χ3n) is 10.4. The number of carbonyl (C=O) groups is 4. The number of amides is 4. The molecule has 58 heavy (non-hydrogen) atoms. The molecular weight excluding hydrogens is 737 g/mol. The van der Waals surface area contributed by atoms with E-state index >= 15 is 0 Å². The smallest absolute Gasteiger partial charge is 0.407 e. The summed E-state index contributed by atoms with van der Waals surface area (Å²) in [5, 5.41) is 25.9. The zero-order valence-electron chi connectivity index (χ0n) is 34.6. The Bertz CT molecular complexity index is 1950. The number of nitrogens with one attached hydrogen (secondary N) is 5. The highest BCUT2D eigenvalue weighted by Gasteiger charge is 2.30. The van der Waals surface area contributed by atoms with E-state index in [9.17, 15) is 19.2 Å². The van der Waals surface area contributed by atoms with E-state index in [0.717, 1.165) is 66.7 Å². The summed E-state index contributed by atoms with van der Waals surface area (Å²) >= 11 is 0. The Morgan fingerprint density at radius 2 is 1.62 bits per heavy atom. The van der Waals surface area contributed by atoms with E-state index in [1.807, 2.05) is 52.0 Å². The molecule has 1 saturated carbocycles. The number of pyridine rings is 1. The summed E-state index contributed by atoms with van der Waals surface area (Å²) in [4.78, 5) is 59.3. The second-order valence-corrected chi connectivity index (χ2v) is 15.9. The maximum atomic E-state index is 13.8. The average molecular weight is 795 g/mol. The van der Waals surface area contributed by atoms with Crippen molar-refractivity contribution in [1.29, 1.82) is 0 Å². The summed E-state index contributed by atoms with van der Waals surface area (Å²) in [7, 11) is 0. The minimum absolute atomic E-state index is 0.169. The normalized spacial score (nSPS) is 16.0. The van der Waals surface area contributed by atoms with Crippen LogP contribution in [-0.4, -0.2) is 98.7 Å². The van der Waals surface area contributed by atoms with Crippen LogP contribution in [0.2, 0.25) is 0 Å². The van der Waals surface area contributed by atoms with Crippen LogP contribution in [0.3, 0.4) is 0 Å². The van der Waals surface area contributed by atoms with Crippen LogP contribution in [0.15, 0.2) is 60.8 Å². The molecule has 1 aliphatic rings. The van der Waals surface area contributed by atoms with E-state index in [1.165, 1.54) is 0 Å². The molecule has 1 unspecified atom stereocenters. The number of alkyl carbamates (subject to hydrolysis) is 1. The van der Waals surface area contributed by atoms with Crippen LogP contribution < -0.4 is 21.3 Å². The molecule has 15 nitrogen and oxygen atoms in total. The summed E-state index contributed by atoms with van der Waals surface area (Å²) in [6.45, 7) is 15.7. The molecule has 0 bridgehead atoms. The molecule has 4 aromatic rings. The molecule has 1 fully saturated rings. The maximum Gasteiger partial charge on any atom is 0.407 e. The van der Waals surface area contributed by atoms with Crippen LogP contribution in [-0.2, 0) is 20.7 Å². The predicted octanol–water partition coefficient (Wildman–Crippen LogP) is 5.70. The molecule has 2 heterocycles. The lowest BCUT2D eigenvalue weighted by molar-refractivity contribution is -0.130. The Hall–Kier alpha value is -5.70. The van der Waals surface area contributed by atoms with Crippen LogP contribution in [0, 0.1) is 18.8 Å². The first-order chi connectivity index (χ1) is 27.8. The van der Waals surface area contributed by atoms with Crippen molar-refractivity contribution in [1.82, 2.24) is 46.5 Å². The van der Waals surface area contributed by atoms with Gasteiger partial charge in [-0.25, -0.2) is 4.79 Å². The van der Waals surface area contributed by atoms with Gasteiger partial charge in [0.05, 0.1) is 0 Å². The largest absolute Gasteiger partial charge is 0.444 e. The number of aromatic amines is 1. The summed E-state index contributed by atoms with van der Waals surface area (Å²) in [5.41, 5.74) is 4.69. The number of carbonyl (C=O) groups excluding carboxylic acids is 4. The molecule has 2 aromatic carbocycles. The molecule has 0 spiro atoms. The van der Waals surface area contributed by atoms with Crippen LogP contribution in [0.25, 0.3) is 22.5 Å². The van der Waals surface area contributed by atoms with Gasteiger partial charge < -0.3 is 30.9 Å². The molecule has 1 atom stereocenters. The number of benzene rings is 2. The fourth-order valence-electron chi connectivity index (χ4n) is 7.06. The Morgan fingerprint density at radius 3 is 2.24 bits per heavy atom. The van der Waals surface area contributed by atoms with Gasteiger partial charge in [0.15, 0.2) is 0 Å². The second-order valence-electron chi connectivity index (χ2n) is 15.9. The first-order valence-corrected chi connectivity index (χ1v) is 20.3. The van der Waals surface area contributed by atoms with Crippen molar-refractivity contribution >= 4 is 29.5 Å². The van der Waals surface area contributed by atoms with Gasteiger partial charge in [-0.15, -0.1) is 10.2 Å². The molecule has 0 aliphatic heterocycles. The number of hydrogen-bond acceptors (Lipinski definition) is 10. The molecule has 0 saturated heterocycles. The van der Waals surface area contributed by atoms with Crippen LogP contribution in [0.5, 0.6) is 0 Å². The van der Waals surface area contributed by atoms with E-state index in [-0.39, 0.29) is 36.0 Å². The number of tetrazole rings is 1. The topological polar surface area (TPSA) is 196 Å². The van der Waals surface area contributed by atoms with Gasteiger partial charge in [-0.1, -0.05) is 38.1 Å². The highest BCUT2D eigenvalue weighted by Crippen LogP contribution is 2.29. The maximum absolute atomic E-state index is 13.8. The van der Waals surface area contributed by atoms with Gasteiger partial charge in [-0.05, 0) is 138 Å². The molecular formula is C43H58N10O5. The zero-order chi connectivity index (χ0) is 41.7. The molecule has 4 amide bonds. The van der Waals surface area contributed by atoms with Gasteiger partial charge in [0.2, 0.25) is 17.6 Å². The Morgan fingerprint density at radius 1 is 0.931 bits per heavy atom. The number of anilines is 1. The quantitative estimate of drug-likeness (QED) is 0.0828. The van der Waals surface area contributed by atoms with Crippen molar-refractivity contribution in [3.05, 3.63) is 77.6 Å². The molecule has 310 valence electrons. The molecule has 5 rings (SSSR count). The van der Waals surface area contributed by atoms with E-state index in [4.69, 9.17) is 4.74 Å². The summed E-state index contributed by atoms with van der Waals surface area (Å²) in [5.74, 6) is -0.283. The van der Waals surface area contributed by atoms with E-state index in [1.54, 1.807) is 36.5 Å². The van der Waals surface area contributed by atoms with Gasteiger partial charge >= 0.3 is 6.09 Å².